The SMILES string of the molecule is C=C/C=C\C.CC.c1ccc(-n2c3ccccc3c3cc4c5ccccc5n(-c5cccc(-n6c7ccccc7c7ccccc76)n5)c4cc32)cc1. The zero-order chi connectivity index (χ0) is 35.6. The van der Waals surface area contributed by atoms with Gasteiger partial charge in [0, 0.05) is 38.0 Å². The molecule has 6 aromatic carbocycles. The van der Waals surface area contributed by atoms with Gasteiger partial charge in [-0.05, 0) is 67.6 Å². The van der Waals surface area contributed by atoms with E-state index in [1.54, 1.807) is 6.08 Å². The molecule has 0 atom stereocenters. The summed E-state index contributed by atoms with van der Waals surface area (Å²) in [6, 6.07) is 56.3. The fraction of sp³-hybridized carbons (Fsp3) is 0.0625. The highest BCUT2D eigenvalue weighted by atomic mass is 15.1. The molecule has 0 saturated carbocycles. The van der Waals surface area contributed by atoms with Gasteiger partial charge in [0.1, 0.15) is 11.6 Å². The first-order valence-corrected chi connectivity index (χ1v) is 18.0. The zero-order valence-corrected chi connectivity index (χ0v) is 29.7. The average Bonchev–Trinajstić information content (AvgIpc) is 3.84. The molecular weight excluding hydrogens is 633 g/mol. The van der Waals surface area contributed by atoms with E-state index in [2.05, 4.69) is 178 Å². The van der Waals surface area contributed by atoms with Crippen molar-refractivity contribution >= 4 is 65.4 Å². The summed E-state index contributed by atoms with van der Waals surface area (Å²) >= 11 is 0. The molecule has 252 valence electrons. The molecule has 4 aromatic heterocycles. The molecule has 0 bridgehead atoms. The van der Waals surface area contributed by atoms with Crippen molar-refractivity contribution in [3.8, 4) is 17.3 Å². The van der Waals surface area contributed by atoms with Crippen LogP contribution in [0.2, 0.25) is 0 Å². The molecule has 4 heteroatoms. The third-order valence-electron chi connectivity index (χ3n) is 9.57. The van der Waals surface area contributed by atoms with Gasteiger partial charge in [-0.2, -0.15) is 0 Å². The summed E-state index contributed by atoms with van der Waals surface area (Å²) in [5.41, 5.74) is 8.11. The molecule has 0 aliphatic rings. The standard InChI is InChI=1S/C41H26N4.C5H8.C2H6/c1-2-13-27(14-3-1)43-34-19-8-6-17-30(34)32-25-33-31-18-7-11-22-37(31)45(39(33)26-38(32)43)41-24-12-23-40(42-41)44-35-20-9-4-15-28(35)29-16-5-10-21-36(29)44;1-3-5-4-2;1-2/h1-26H;3-5H,1H2,2H3;1-2H3/b;5-4-;. The van der Waals surface area contributed by atoms with Crippen LogP contribution < -0.4 is 0 Å². The topological polar surface area (TPSA) is 27.7 Å². The number of hydrogen-bond acceptors (Lipinski definition) is 1. The van der Waals surface area contributed by atoms with Gasteiger partial charge in [-0.15, -0.1) is 0 Å². The van der Waals surface area contributed by atoms with Crippen molar-refractivity contribution in [1.29, 1.82) is 0 Å². The fourth-order valence-electron chi connectivity index (χ4n) is 7.50. The first kappa shape index (κ1) is 32.5. The van der Waals surface area contributed by atoms with Crippen molar-refractivity contribution in [2.75, 3.05) is 0 Å². The summed E-state index contributed by atoms with van der Waals surface area (Å²) in [5.74, 6) is 1.79. The second-order valence-electron chi connectivity index (χ2n) is 12.4. The zero-order valence-electron chi connectivity index (χ0n) is 29.7. The number of rotatable bonds is 4. The van der Waals surface area contributed by atoms with Gasteiger partial charge in [-0.25, -0.2) is 4.98 Å². The van der Waals surface area contributed by atoms with Crippen LogP contribution in [0.15, 0.2) is 183 Å². The van der Waals surface area contributed by atoms with Crippen LogP contribution in [0, 0.1) is 0 Å². The van der Waals surface area contributed by atoms with Crippen LogP contribution in [-0.4, -0.2) is 18.7 Å². The first-order valence-electron chi connectivity index (χ1n) is 18.0. The fourth-order valence-corrected chi connectivity index (χ4v) is 7.50. The van der Waals surface area contributed by atoms with Gasteiger partial charge in [0.2, 0.25) is 0 Å². The van der Waals surface area contributed by atoms with Crippen molar-refractivity contribution < 1.29 is 0 Å². The number of hydrogen-bond donors (Lipinski definition) is 0. The Kier molecular flexibility index (Phi) is 8.72. The molecule has 10 rings (SSSR count). The number of pyridine rings is 1. The lowest BCUT2D eigenvalue weighted by atomic mass is 10.1. The predicted octanol–water partition coefficient (Wildman–Crippen LogP) is 13.1. The lowest BCUT2D eigenvalue weighted by Crippen LogP contribution is -2.03. The second kappa shape index (κ2) is 13.9. The van der Waals surface area contributed by atoms with Gasteiger partial charge in [0.05, 0.1) is 33.1 Å². The highest BCUT2D eigenvalue weighted by Gasteiger charge is 2.19. The van der Waals surface area contributed by atoms with Gasteiger partial charge >= 0.3 is 0 Å². The van der Waals surface area contributed by atoms with E-state index < -0.39 is 0 Å². The van der Waals surface area contributed by atoms with E-state index in [0.717, 1.165) is 39.4 Å². The van der Waals surface area contributed by atoms with Crippen LogP contribution in [0.4, 0.5) is 0 Å². The molecule has 0 fully saturated rings. The van der Waals surface area contributed by atoms with Crippen molar-refractivity contribution in [1.82, 2.24) is 18.7 Å². The van der Waals surface area contributed by atoms with Crippen LogP contribution in [-0.2, 0) is 0 Å². The second-order valence-corrected chi connectivity index (χ2v) is 12.4. The maximum Gasteiger partial charge on any atom is 0.140 e. The minimum absolute atomic E-state index is 0.891. The molecule has 0 aliphatic heterocycles. The largest absolute Gasteiger partial charge is 0.309 e. The number of para-hydroxylation sites is 5. The minimum atomic E-state index is 0.891. The summed E-state index contributed by atoms with van der Waals surface area (Å²) in [6.45, 7) is 9.42. The molecular formula is C48H40N4. The number of benzene rings is 6. The van der Waals surface area contributed by atoms with Crippen LogP contribution in [0.25, 0.3) is 82.7 Å². The number of nitrogens with zero attached hydrogens (tertiary/aromatic N) is 4. The van der Waals surface area contributed by atoms with Crippen molar-refractivity contribution in [2.45, 2.75) is 20.8 Å². The van der Waals surface area contributed by atoms with Gasteiger partial charge < -0.3 is 4.57 Å². The normalized spacial score (nSPS) is 11.4. The molecule has 0 spiro atoms. The molecule has 0 radical (unpaired) electrons. The van der Waals surface area contributed by atoms with E-state index in [4.69, 9.17) is 4.98 Å². The summed E-state index contributed by atoms with van der Waals surface area (Å²) < 4.78 is 7.00. The maximum absolute atomic E-state index is 5.38. The Hall–Kier alpha value is -6.65. The molecule has 0 N–H and O–H groups in total. The summed E-state index contributed by atoms with van der Waals surface area (Å²) in [4.78, 5) is 5.38. The Morgan fingerprint density at radius 3 is 1.29 bits per heavy atom. The Balaban J connectivity index is 0.000000513. The van der Waals surface area contributed by atoms with E-state index in [9.17, 15) is 0 Å². The highest BCUT2D eigenvalue weighted by Crippen LogP contribution is 2.39. The third-order valence-corrected chi connectivity index (χ3v) is 9.57. The smallest absolute Gasteiger partial charge is 0.140 e. The lowest BCUT2D eigenvalue weighted by molar-refractivity contribution is 1.01. The van der Waals surface area contributed by atoms with E-state index in [0.29, 0.717) is 0 Å². The van der Waals surface area contributed by atoms with Crippen LogP contribution in [0.3, 0.4) is 0 Å². The van der Waals surface area contributed by atoms with E-state index in [1.165, 1.54) is 43.4 Å². The Labute approximate surface area is 303 Å². The van der Waals surface area contributed by atoms with E-state index >= 15 is 0 Å². The maximum atomic E-state index is 5.38. The highest BCUT2D eigenvalue weighted by molar-refractivity contribution is 6.19. The summed E-state index contributed by atoms with van der Waals surface area (Å²) in [6.07, 6.45) is 5.58. The molecule has 0 unspecified atom stereocenters. The average molecular weight is 673 g/mol. The Morgan fingerprint density at radius 2 is 0.827 bits per heavy atom. The quantitative estimate of drug-likeness (QED) is 0.171. The molecule has 0 amide bonds. The molecule has 4 heterocycles. The number of fused-ring (bicyclic) bond motifs is 9. The predicted molar refractivity (Wildman–Crippen MR) is 224 cm³/mol. The minimum Gasteiger partial charge on any atom is -0.309 e. The molecule has 0 saturated heterocycles. The van der Waals surface area contributed by atoms with Crippen molar-refractivity contribution in [3.05, 3.63) is 183 Å². The van der Waals surface area contributed by atoms with Crippen LogP contribution in [0.5, 0.6) is 0 Å². The number of allylic oxidation sites excluding steroid dienone is 3. The van der Waals surface area contributed by atoms with Gasteiger partial charge in [-0.3, -0.25) is 9.13 Å². The molecule has 4 nitrogen and oxygen atoms in total. The number of aromatic nitrogens is 4. The van der Waals surface area contributed by atoms with Crippen LogP contribution in [0.1, 0.15) is 20.8 Å². The lowest BCUT2D eigenvalue weighted by Gasteiger charge is -2.12. The van der Waals surface area contributed by atoms with Crippen LogP contribution >= 0.6 is 0 Å². The van der Waals surface area contributed by atoms with Crippen molar-refractivity contribution in [2.24, 2.45) is 0 Å². The van der Waals surface area contributed by atoms with E-state index in [-0.39, 0.29) is 0 Å². The molecule has 0 aliphatic carbocycles. The monoisotopic (exact) mass is 672 g/mol. The summed E-state index contributed by atoms with van der Waals surface area (Å²) in [5, 5.41) is 7.40. The first-order chi connectivity index (χ1) is 25.8. The van der Waals surface area contributed by atoms with Crippen molar-refractivity contribution in [3.63, 3.8) is 0 Å². The Morgan fingerprint density at radius 1 is 0.423 bits per heavy atom. The Bertz CT molecular complexity index is 2850. The van der Waals surface area contributed by atoms with E-state index in [1.807, 2.05) is 32.9 Å². The van der Waals surface area contributed by atoms with Gasteiger partial charge in [-0.1, -0.05) is 136 Å². The third kappa shape index (κ3) is 5.28. The summed E-state index contributed by atoms with van der Waals surface area (Å²) in [7, 11) is 0. The molecule has 52 heavy (non-hydrogen) atoms. The molecule has 10 aromatic rings. The van der Waals surface area contributed by atoms with Gasteiger partial charge in [0.15, 0.2) is 0 Å². The van der Waals surface area contributed by atoms with Gasteiger partial charge in [0.25, 0.3) is 0 Å².